The second-order valence-corrected chi connectivity index (χ2v) is 6.43. The number of ether oxygens (including phenoxy) is 1. The highest BCUT2D eigenvalue weighted by molar-refractivity contribution is 5.79. The summed E-state index contributed by atoms with van der Waals surface area (Å²) in [6, 6.07) is 21.4. The maximum atomic E-state index is 12.9. The van der Waals surface area contributed by atoms with Gasteiger partial charge in [0, 0.05) is 11.1 Å². The highest BCUT2D eigenvalue weighted by Crippen LogP contribution is 2.24. The molecule has 1 N–H and O–H groups in total. The molecule has 2 aromatic heterocycles. The monoisotopic (exact) mass is 386 g/mol. The van der Waals surface area contributed by atoms with Crippen molar-refractivity contribution in [2.24, 2.45) is 0 Å². The van der Waals surface area contributed by atoms with Crippen molar-refractivity contribution in [3.8, 4) is 28.5 Å². The van der Waals surface area contributed by atoms with Gasteiger partial charge in [0.05, 0.1) is 11.0 Å². The molecule has 2 heterocycles. The van der Waals surface area contributed by atoms with E-state index in [-0.39, 0.29) is 12.4 Å². The Morgan fingerprint density at radius 1 is 0.862 bits per heavy atom. The molecule has 6 nitrogen and oxygen atoms in total. The topological polar surface area (TPSA) is 76.8 Å². The van der Waals surface area contributed by atoms with Gasteiger partial charge in [-0.25, -0.2) is 9.37 Å². The first-order chi connectivity index (χ1) is 14.2. The summed E-state index contributed by atoms with van der Waals surface area (Å²) in [5, 5.41) is 4.00. The fourth-order valence-electron chi connectivity index (χ4n) is 2.97. The lowest BCUT2D eigenvalue weighted by Gasteiger charge is -2.01. The zero-order chi connectivity index (χ0) is 19.6. The average Bonchev–Trinajstić information content (AvgIpc) is 3.41. The van der Waals surface area contributed by atoms with Gasteiger partial charge in [-0.05, 0) is 36.4 Å². The molecule has 0 aliphatic carbocycles. The minimum atomic E-state index is -0.316. The molecule has 29 heavy (non-hydrogen) atoms. The molecule has 7 heteroatoms. The lowest BCUT2D eigenvalue weighted by Crippen LogP contribution is -1.95. The first-order valence-corrected chi connectivity index (χ1v) is 9.01. The van der Waals surface area contributed by atoms with Crippen molar-refractivity contribution in [2.75, 3.05) is 0 Å². The third-order valence-corrected chi connectivity index (χ3v) is 4.45. The average molecular weight is 386 g/mol. The lowest BCUT2D eigenvalue weighted by atomic mass is 10.1. The summed E-state index contributed by atoms with van der Waals surface area (Å²) in [7, 11) is 0. The van der Waals surface area contributed by atoms with Gasteiger partial charge in [-0.1, -0.05) is 41.6 Å². The number of halogens is 1. The number of imidazole rings is 1. The van der Waals surface area contributed by atoms with Crippen LogP contribution in [-0.4, -0.2) is 20.1 Å². The number of para-hydroxylation sites is 2. The first kappa shape index (κ1) is 17.1. The summed E-state index contributed by atoms with van der Waals surface area (Å²) < 4.78 is 23.7. The lowest BCUT2D eigenvalue weighted by molar-refractivity contribution is 0.242. The number of rotatable bonds is 5. The highest BCUT2D eigenvalue weighted by Gasteiger charge is 2.11. The molecule has 0 spiro atoms. The van der Waals surface area contributed by atoms with Crippen LogP contribution in [-0.2, 0) is 6.61 Å². The molecule has 5 rings (SSSR count). The molecule has 0 aliphatic heterocycles. The molecule has 0 radical (unpaired) electrons. The fraction of sp³-hybridized carbons (Fsp3) is 0.0455. The van der Waals surface area contributed by atoms with E-state index in [9.17, 15) is 4.39 Å². The van der Waals surface area contributed by atoms with Crippen molar-refractivity contribution in [3.05, 3.63) is 84.5 Å². The molecule has 0 saturated carbocycles. The van der Waals surface area contributed by atoms with Gasteiger partial charge in [-0.15, -0.1) is 0 Å². The van der Waals surface area contributed by atoms with Crippen molar-refractivity contribution in [1.29, 1.82) is 0 Å². The van der Waals surface area contributed by atoms with Crippen LogP contribution in [0.4, 0.5) is 4.39 Å². The van der Waals surface area contributed by atoms with E-state index >= 15 is 0 Å². The van der Waals surface area contributed by atoms with E-state index in [0.717, 1.165) is 28.0 Å². The standard InChI is InChI=1S/C22H15FN4O2/c23-16-9-11-17(12-10-16)28-13-20-26-22(27-29-20)15-7-5-14(6-8-15)21-24-18-3-1-2-4-19(18)25-21/h1-12H,13H2,(H,24,25). The van der Waals surface area contributed by atoms with Crippen LogP contribution in [0.5, 0.6) is 5.75 Å². The van der Waals surface area contributed by atoms with Gasteiger partial charge in [0.25, 0.3) is 5.89 Å². The molecule has 0 fully saturated rings. The van der Waals surface area contributed by atoms with Crippen molar-refractivity contribution in [2.45, 2.75) is 6.61 Å². The molecule has 0 atom stereocenters. The number of H-pyrrole nitrogens is 1. The molecule has 0 amide bonds. The van der Waals surface area contributed by atoms with Gasteiger partial charge in [0.2, 0.25) is 5.82 Å². The largest absolute Gasteiger partial charge is 0.484 e. The number of aromatic amines is 1. The molecule has 142 valence electrons. The molecule has 0 unspecified atom stereocenters. The maximum Gasteiger partial charge on any atom is 0.264 e. The predicted octanol–water partition coefficient (Wildman–Crippen LogP) is 5.00. The molecular formula is C22H15FN4O2. The zero-order valence-corrected chi connectivity index (χ0v) is 15.2. The molecule has 3 aromatic carbocycles. The Hall–Kier alpha value is -4.00. The van der Waals surface area contributed by atoms with Gasteiger partial charge in [-0.2, -0.15) is 4.98 Å². The number of hydrogen-bond acceptors (Lipinski definition) is 5. The Balaban J connectivity index is 1.30. The summed E-state index contributed by atoms with van der Waals surface area (Å²) in [5.74, 6) is 1.83. The van der Waals surface area contributed by atoms with Gasteiger partial charge in [0.15, 0.2) is 6.61 Å². The summed E-state index contributed by atoms with van der Waals surface area (Å²) in [5.41, 5.74) is 3.71. The van der Waals surface area contributed by atoms with E-state index in [4.69, 9.17) is 9.26 Å². The molecular weight excluding hydrogens is 371 g/mol. The van der Waals surface area contributed by atoms with Gasteiger partial charge >= 0.3 is 0 Å². The predicted molar refractivity (Wildman–Crippen MR) is 106 cm³/mol. The van der Waals surface area contributed by atoms with E-state index in [1.54, 1.807) is 12.1 Å². The summed E-state index contributed by atoms with van der Waals surface area (Å²) in [6.45, 7) is 0.107. The van der Waals surface area contributed by atoms with E-state index in [0.29, 0.717) is 17.5 Å². The fourth-order valence-corrected chi connectivity index (χ4v) is 2.97. The summed E-state index contributed by atoms with van der Waals surface area (Å²) in [4.78, 5) is 12.3. The van der Waals surface area contributed by atoms with Crippen LogP contribution in [0.3, 0.4) is 0 Å². The van der Waals surface area contributed by atoms with E-state index < -0.39 is 0 Å². The molecule has 5 aromatic rings. The van der Waals surface area contributed by atoms with Gasteiger partial charge < -0.3 is 14.2 Å². The minimum Gasteiger partial charge on any atom is -0.484 e. The van der Waals surface area contributed by atoms with Crippen molar-refractivity contribution in [1.82, 2.24) is 20.1 Å². The Labute approximate surface area is 165 Å². The van der Waals surface area contributed by atoms with Crippen LogP contribution in [0.15, 0.2) is 77.3 Å². The normalized spacial score (nSPS) is 11.1. The third kappa shape index (κ3) is 3.58. The second kappa shape index (κ2) is 7.20. The van der Waals surface area contributed by atoms with Crippen LogP contribution in [0, 0.1) is 5.82 Å². The number of nitrogens with zero attached hydrogens (tertiary/aromatic N) is 3. The van der Waals surface area contributed by atoms with Crippen molar-refractivity contribution >= 4 is 11.0 Å². The molecule has 0 saturated heterocycles. The second-order valence-electron chi connectivity index (χ2n) is 6.43. The number of nitrogens with one attached hydrogen (secondary N) is 1. The van der Waals surface area contributed by atoms with Crippen LogP contribution in [0.1, 0.15) is 5.89 Å². The van der Waals surface area contributed by atoms with E-state index in [1.165, 1.54) is 12.1 Å². The quantitative estimate of drug-likeness (QED) is 0.460. The number of hydrogen-bond donors (Lipinski definition) is 1. The van der Waals surface area contributed by atoms with Gasteiger partial charge in [0.1, 0.15) is 17.4 Å². The SMILES string of the molecule is Fc1ccc(OCc2nc(-c3ccc(-c4nc5ccccc5[nH]4)cc3)no2)cc1. The van der Waals surface area contributed by atoms with E-state index in [2.05, 4.69) is 20.1 Å². The minimum absolute atomic E-state index is 0.107. The highest BCUT2D eigenvalue weighted by atomic mass is 19.1. The smallest absolute Gasteiger partial charge is 0.264 e. The number of aromatic nitrogens is 4. The van der Waals surface area contributed by atoms with Crippen LogP contribution in [0.25, 0.3) is 33.8 Å². The van der Waals surface area contributed by atoms with Crippen LogP contribution >= 0.6 is 0 Å². The van der Waals surface area contributed by atoms with E-state index in [1.807, 2.05) is 48.5 Å². The first-order valence-electron chi connectivity index (χ1n) is 9.01. The van der Waals surface area contributed by atoms with Crippen LogP contribution in [0.2, 0.25) is 0 Å². The Kier molecular flexibility index (Phi) is 4.25. The summed E-state index contributed by atoms with van der Waals surface area (Å²) in [6.07, 6.45) is 0. The zero-order valence-electron chi connectivity index (χ0n) is 15.2. The summed E-state index contributed by atoms with van der Waals surface area (Å²) >= 11 is 0. The Morgan fingerprint density at radius 3 is 2.41 bits per heavy atom. The number of fused-ring (bicyclic) bond motifs is 1. The van der Waals surface area contributed by atoms with Crippen molar-refractivity contribution < 1.29 is 13.7 Å². The van der Waals surface area contributed by atoms with Crippen molar-refractivity contribution in [3.63, 3.8) is 0 Å². The Morgan fingerprint density at radius 2 is 1.62 bits per heavy atom. The third-order valence-electron chi connectivity index (χ3n) is 4.45. The maximum absolute atomic E-state index is 12.9. The Bertz CT molecular complexity index is 1230. The molecule has 0 aliphatic rings. The van der Waals surface area contributed by atoms with Crippen LogP contribution < -0.4 is 4.74 Å². The molecule has 0 bridgehead atoms. The van der Waals surface area contributed by atoms with Gasteiger partial charge in [-0.3, -0.25) is 0 Å². The number of benzene rings is 3.